The lowest BCUT2D eigenvalue weighted by molar-refractivity contribution is -0.116. The van der Waals surface area contributed by atoms with Gasteiger partial charge in [-0.1, -0.05) is 56.3 Å². The van der Waals surface area contributed by atoms with Crippen LogP contribution in [0.3, 0.4) is 0 Å². The van der Waals surface area contributed by atoms with Crippen LogP contribution in [-0.4, -0.2) is 25.9 Å². The van der Waals surface area contributed by atoms with E-state index in [2.05, 4.69) is 15.5 Å². The molecule has 0 aliphatic rings. The van der Waals surface area contributed by atoms with Crippen molar-refractivity contribution in [2.75, 3.05) is 5.32 Å². The maximum Gasteiger partial charge on any atom is 0.343 e. The number of nitrogens with one attached hydrogen (secondary N) is 2. The van der Waals surface area contributed by atoms with Crippen LogP contribution in [0.5, 0.6) is 0 Å². The minimum Gasteiger partial charge on any atom is -0.324 e. The number of anilines is 1. The van der Waals surface area contributed by atoms with Crippen molar-refractivity contribution in [3.63, 3.8) is 0 Å². The molecule has 2 N–H and O–H groups in total. The second-order valence-electron chi connectivity index (χ2n) is 5.71. The highest BCUT2D eigenvalue weighted by atomic mass is 35.5. The molecule has 24 heavy (non-hydrogen) atoms. The Morgan fingerprint density at radius 3 is 2.75 bits per heavy atom. The Hall–Kier alpha value is -1.73. The van der Waals surface area contributed by atoms with E-state index in [0.29, 0.717) is 22.4 Å². The maximum atomic E-state index is 12.7. The van der Waals surface area contributed by atoms with E-state index in [0.717, 1.165) is 6.42 Å². The maximum absolute atomic E-state index is 12.7. The molecule has 1 amide bonds. The molecule has 1 aromatic heterocycles. The second-order valence-corrected chi connectivity index (χ2v) is 7.23. The van der Waals surface area contributed by atoms with E-state index in [9.17, 15) is 9.59 Å². The van der Waals surface area contributed by atoms with Gasteiger partial charge in [-0.05, 0) is 24.5 Å². The monoisotopic (exact) mass is 368 g/mol. The Bertz CT molecular complexity index is 757. The number of para-hydroxylation sites is 1. The van der Waals surface area contributed by atoms with E-state index in [1.54, 1.807) is 22.8 Å². The first-order chi connectivity index (χ1) is 11.4. The molecule has 2 rings (SSSR count). The standard InChI is InChI=1S/C16H21ClN4O2S/c1-4-9-21-15(23)19-20-16(21)24-13(10(2)3)14(22)18-12-8-6-5-7-11(12)17/h5-8,10,13H,4,9H2,1-3H3,(H,18,22)(H,19,23)/t13-/m0/s1. The van der Waals surface area contributed by atoms with Gasteiger partial charge < -0.3 is 5.32 Å². The number of aromatic nitrogens is 3. The predicted octanol–water partition coefficient (Wildman–Crippen LogP) is 3.39. The minimum absolute atomic E-state index is 0.0550. The van der Waals surface area contributed by atoms with Gasteiger partial charge in [0.15, 0.2) is 5.16 Å². The number of amides is 1. The van der Waals surface area contributed by atoms with Gasteiger partial charge in [-0.2, -0.15) is 0 Å². The molecule has 0 spiro atoms. The number of hydrogen-bond acceptors (Lipinski definition) is 4. The highest BCUT2D eigenvalue weighted by Gasteiger charge is 2.26. The molecule has 0 radical (unpaired) electrons. The Balaban J connectivity index is 2.19. The molecule has 1 aromatic carbocycles. The number of halogens is 1. The van der Waals surface area contributed by atoms with Crippen LogP contribution in [-0.2, 0) is 11.3 Å². The van der Waals surface area contributed by atoms with Crippen LogP contribution in [0.25, 0.3) is 0 Å². The largest absolute Gasteiger partial charge is 0.343 e. The Labute approximate surface area is 150 Å². The number of carbonyl (C=O) groups excluding carboxylic acids is 1. The van der Waals surface area contributed by atoms with Crippen LogP contribution < -0.4 is 11.0 Å². The van der Waals surface area contributed by atoms with E-state index in [-0.39, 0.29) is 17.5 Å². The zero-order chi connectivity index (χ0) is 17.7. The number of benzene rings is 1. The van der Waals surface area contributed by atoms with E-state index in [1.807, 2.05) is 26.8 Å². The molecule has 1 atom stereocenters. The minimum atomic E-state index is -0.396. The van der Waals surface area contributed by atoms with Crippen molar-refractivity contribution in [3.05, 3.63) is 39.8 Å². The molecule has 1 heterocycles. The van der Waals surface area contributed by atoms with Gasteiger partial charge in [-0.25, -0.2) is 9.89 Å². The lowest BCUT2D eigenvalue weighted by Crippen LogP contribution is -2.30. The summed E-state index contributed by atoms with van der Waals surface area (Å²) in [6, 6.07) is 7.09. The SMILES string of the molecule is CCCn1c(S[C@H](C(=O)Nc2ccccc2Cl)C(C)C)n[nH]c1=O. The zero-order valence-corrected chi connectivity index (χ0v) is 15.4. The fourth-order valence-electron chi connectivity index (χ4n) is 2.19. The summed E-state index contributed by atoms with van der Waals surface area (Å²) in [6.45, 7) is 6.46. The van der Waals surface area contributed by atoms with Gasteiger partial charge in [0.1, 0.15) is 0 Å². The number of thioether (sulfide) groups is 1. The summed E-state index contributed by atoms with van der Waals surface area (Å²) in [5.41, 5.74) is 0.316. The van der Waals surface area contributed by atoms with Gasteiger partial charge in [0.05, 0.1) is 16.0 Å². The summed E-state index contributed by atoms with van der Waals surface area (Å²) < 4.78 is 1.56. The van der Waals surface area contributed by atoms with Crippen molar-refractivity contribution in [2.24, 2.45) is 5.92 Å². The molecular formula is C16H21ClN4O2S. The highest BCUT2D eigenvalue weighted by Crippen LogP contribution is 2.28. The number of H-pyrrole nitrogens is 1. The van der Waals surface area contributed by atoms with Crippen LogP contribution in [0.1, 0.15) is 27.2 Å². The normalized spacial score (nSPS) is 12.4. The Morgan fingerprint density at radius 2 is 2.12 bits per heavy atom. The fourth-order valence-corrected chi connectivity index (χ4v) is 3.43. The Kier molecular flexibility index (Phi) is 6.51. The Morgan fingerprint density at radius 1 is 1.42 bits per heavy atom. The van der Waals surface area contributed by atoms with Crippen LogP contribution in [0.2, 0.25) is 5.02 Å². The summed E-state index contributed by atoms with van der Waals surface area (Å²) in [6.07, 6.45) is 0.811. The topological polar surface area (TPSA) is 79.8 Å². The molecular weight excluding hydrogens is 348 g/mol. The number of hydrogen-bond donors (Lipinski definition) is 2. The molecule has 0 saturated heterocycles. The zero-order valence-electron chi connectivity index (χ0n) is 13.9. The number of nitrogens with zero attached hydrogens (tertiary/aromatic N) is 2. The third-order valence-corrected chi connectivity index (χ3v) is 5.26. The van der Waals surface area contributed by atoms with Gasteiger partial charge in [0.2, 0.25) is 5.91 Å². The third-order valence-electron chi connectivity index (χ3n) is 3.40. The molecule has 0 bridgehead atoms. The van der Waals surface area contributed by atoms with Crippen molar-refractivity contribution in [2.45, 2.75) is 44.1 Å². The van der Waals surface area contributed by atoms with Crippen LogP contribution >= 0.6 is 23.4 Å². The van der Waals surface area contributed by atoms with Crippen molar-refractivity contribution in [1.82, 2.24) is 14.8 Å². The van der Waals surface area contributed by atoms with E-state index in [1.165, 1.54) is 11.8 Å². The lowest BCUT2D eigenvalue weighted by atomic mass is 10.1. The van der Waals surface area contributed by atoms with E-state index < -0.39 is 5.25 Å². The first-order valence-corrected chi connectivity index (χ1v) is 9.07. The van der Waals surface area contributed by atoms with E-state index >= 15 is 0 Å². The van der Waals surface area contributed by atoms with E-state index in [4.69, 9.17) is 11.6 Å². The molecule has 130 valence electrons. The second kappa shape index (κ2) is 8.39. The van der Waals surface area contributed by atoms with Crippen LogP contribution in [0.4, 0.5) is 5.69 Å². The molecule has 0 saturated carbocycles. The summed E-state index contributed by atoms with van der Waals surface area (Å²) in [5.74, 6) is -0.110. The van der Waals surface area contributed by atoms with Gasteiger partial charge in [0, 0.05) is 6.54 Å². The fraction of sp³-hybridized carbons (Fsp3) is 0.438. The summed E-state index contributed by atoms with van der Waals surface area (Å²) in [4.78, 5) is 24.5. The van der Waals surface area contributed by atoms with Crippen LogP contribution in [0, 0.1) is 5.92 Å². The summed E-state index contributed by atoms with van der Waals surface area (Å²) >= 11 is 7.38. The molecule has 0 aliphatic carbocycles. The molecule has 2 aromatic rings. The van der Waals surface area contributed by atoms with Crippen LogP contribution in [0.15, 0.2) is 34.2 Å². The quantitative estimate of drug-likeness (QED) is 0.734. The number of aromatic amines is 1. The van der Waals surface area contributed by atoms with Gasteiger partial charge in [0.25, 0.3) is 0 Å². The van der Waals surface area contributed by atoms with Crippen molar-refractivity contribution >= 4 is 35.0 Å². The van der Waals surface area contributed by atoms with Crippen molar-refractivity contribution in [3.8, 4) is 0 Å². The third kappa shape index (κ3) is 4.42. The van der Waals surface area contributed by atoms with Gasteiger partial charge in [-0.3, -0.25) is 9.36 Å². The summed E-state index contributed by atoms with van der Waals surface area (Å²) in [7, 11) is 0. The molecule has 8 heteroatoms. The highest BCUT2D eigenvalue weighted by molar-refractivity contribution is 8.00. The van der Waals surface area contributed by atoms with Crippen molar-refractivity contribution < 1.29 is 4.79 Å². The van der Waals surface area contributed by atoms with Gasteiger partial charge >= 0.3 is 5.69 Å². The molecule has 0 aliphatic heterocycles. The average molecular weight is 369 g/mol. The van der Waals surface area contributed by atoms with Gasteiger partial charge in [-0.15, -0.1) is 5.10 Å². The molecule has 6 nitrogen and oxygen atoms in total. The average Bonchev–Trinajstić information content (AvgIpc) is 2.88. The number of carbonyl (C=O) groups is 1. The number of rotatable bonds is 7. The first-order valence-electron chi connectivity index (χ1n) is 7.81. The first kappa shape index (κ1) is 18.6. The molecule has 0 unspecified atom stereocenters. The predicted molar refractivity (Wildman–Crippen MR) is 97.7 cm³/mol. The summed E-state index contributed by atoms with van der Waals surface area (Å²) in [5, 5.41) is 9.96. The smallest absolute Gasteiger partial charge is 0.324 e. The van der Waals surface area contributed by atoms with Crippen molar-refractivity contribution in [1.29, 1.82) is 0 Å². The lowest BCUT2D eigenvalue weighted by Gasteiger charge is -2.19. The molecule has 0 fully saturated rings.